The van der Waals surface area contributed by atoms with Crippen LogP contribution in [0.3, 0.4) is 0 Å². The molecule has 2 aromatic heterocycles. The SMILES string of the molecule is Cc1cn(-c2cc(NC(=O)c3ccc(C)c(N)c3)cc(C(F)(F)F)c2)cn1.O=C(O)c1cnc(NC2CC2)s1. The number of hydrogen-bond donors (Lipinski definition) is 4. The van der Waals surface area contributed by atoms with Crippen LogP contribution in [0.5, 0.6) is 0 Å². The monoisotopic (exact) mass is 558 g/mol. The number of halogens is 3. The second-order valence-corrected chi connectivity index (χ2v) is 10.00. The number of alkyl halides is 3. The molecule has 0 saturated heterocycles. The van der Waals surface area contributed by atoms with Gasteiger partial charge in [0.2, 0.25) is 0 Å². The second kappa shape index (κ2) is 11.2. The quantitative estimate of drug-likeness (QED) is 0.221. The van der Waals surface area contributed by atoms with Gasteiger partial charge < -0.3 is 26.0 Å². The fraction of sp³-hybridized carbons (Fsp3) is 0.231. The third kappa shape index (κ3) is 7.35. The van der Waals surface area contributed by atoms with E-state index in [0.717, 1.165) is 22.8 Å². The molecule has 2 aromatic carbocycles. The Labute approximate surface area is 225 Å². The van der Waals surface area contributed by atoms with Gasteiger partial charge in [-0.2, -0.15) is 13.2 Å². The minimum absolute atomic E-state index is 0.0234. The zero-order valence-corrected chi connectivity index (χ0v) is 21.7. The van der Waals surface area contributed by atoms with E-state index in [9.17, 15) is 22.8 Å². The van der Waals surface area contributed by atoms with Crippen molar-refractivity contribution < 1.29 is 27.9 Å². The van der Waals surface area contributed by atoms with Crippen LogP contribution in [0.2, 0.25) is 0 Å². The van der Waals surface area contributed by atoms with Gasteiger partial charge in [0.05, 0.1) is 23.8 Å². The maximum atomic E-state index is 13.3. The summed E-state index contributed by atoms with van der Waals surface area (Å²) in [5.74, 6) is -1.45. The molecule has 0 unspecified atom stereocenters. The van der Waals surface area contributed by atoms with Crippen molar-refractivity contribution in [2.24, 2.45) is 0 Å². The number of imidazole rings is 1. The van der Waals surface area contributed by atoms with Crippen molar-refractivity contribution in [2.75, 3.05) is 16.4 Å². The zero-order chi connectivity index (χ0) is 28.3. The molecule has 1 aliphatic rings. The van der Waals surface area contributed by atoms with Crippen LogP contribution in [0.25, 0.3) is 5.69 Å². The molecule has 5 rings (SSSR count). The lowest BCUT2D eigenvalue weighted by Crippen LogP contribution is -2.14. The number of hydrogen-bond acceptors (Lipinski definition) is 7. The Hall–Kier alpha value is -4.39. The molecule has 9 nitrogen and oxygen atoms in total. The molecule has 0 atom stereocenters. The number of nitrogens with one attached hydrogen (secondary N) is 2. The molecular formula is C26H25F3N6O3S. The van der Waals surface area contributed by atoms with Crippen LogP contribution in [0.1, 0.15) is 49.7 Å². The number of thiazole rings is 1. The first kappa shape index (κ1) is 27.6. The summed E-state index contributed by atoms with van der Waals surface area (Å²) in [4.78, 5) is 31.1. The van der Waals surface area contributed by atoms with E-state index < -0.39 is 23.6 Å². The predicted molar refractivity (Wildman–Crippen MR) is 143 cm³/mol. The second-order valence-electron chi connectivity index (χ2n) is 8.97. The minimum Gasteiger partial charge on any atom is -0.477 e. The molecule has 2 heterocycles. The van der Waals surface area contributed by atoms with Gasteiger partial charge in [-0.3, -0.25) is 4.79 Å². The highest BCUT2D eigenvalue weighted by Crippen LogP contribution is 2.33. The lowest BCUT2D eigenvalue weighted by molar-refractivity contribution is -0.137. The maximum absolute atomic E-state index is 13.3. The van der Waals surface area contributed by atoms with Gasteiger partial charge in [-0.1, -0.05) is 17.4 Å². The van der Waals surface area contributed by atoms with Crippen LogP contribution in [0.4, 0.5) is 29.7 Å². The summed E-state index contributed by atoms with van der Waals surface area (Å²) in [6.45, 7) is 3.53. The van der Waals surface area contributed by atoms with Gasteiger partial charge in [0.15, 0.2) is 5.13 Å². The van der Waals surface area contributed by atoms with Crippen molar-refractivity contribution in [3.05, 3.63) is 82.4 Å². The Bertz CT molecular complexity index is 1510. The standard InChI is InChI=1S/C19H17F3N4O.C7H8N2O2S/c1-11-3-4-13(5-17(11)23)18(27)25-15-6-14(19(20,21)22)7-16(8-15)26-9-12(2)24-10-26;10-6(11)5-3-8-7(12-5)9-4-1-2-4/h3-10H,23H2,1-2H3,(H,25,27);3-4H,1-2H2,(H,8,9)(H,10,11). The van der Waals surface area contributed by atoms with Crippen LogP contribution in [0, 0.1) is 13.8 Å². The van der Waals surface area contributed by atoms with Crippen molar-refractivity contribution >= 4 is 39.7 Å². The van der Waals surface area contributed by atoms with E-state index in [1.807, 2.05) is 0 Å². The average Bonchev–Trinajstić information content (AvgIpc) is 3.36. The molecule has 4 aromatic rings. The van der Waals surface area contributed by atoms with Gasteiger partial charge in [0.25, 0.3) is 5.91 Å². The summed E-state index contributed by atoms with van der Waals surface area (Å²) < 4.78 is 41.3. The first-order valence-electron chi connectivity index (χ1n) is 11.8. The van der Waals surface area contributed by atoms with Crippen LogP contribution < -0.4 is 16.4 Å². The lowest BCUT2D eigenvalue weighted by atomic mass is 10.1. The number of carbonyl (C=O) groups excluding carboxylic acids is 1. The van der Waals surface area contributed by atoms with Crippen molar-refractivity contribution in [1.82, 2.24) is 14.5 Å². The number of nitrogen functional groups attached to an aromatic ring is 1. The molecule has 1 saturated carbocycles. The maximum Gasteiger partial charge on any atom is 0.416 e. The number of aromatic nitrogens is 3. The number of aromatic carboxylic acids is 1. The Morgan fingerprint density at radius 2 is 1.87 bits per heavy atom. The van der Waals surface area contributed by atoms with Crippen molar-refractivity contribution in [3.8, 4) is 5.69 Å². The molecule has 39 heavy (non-hydrogen) atoms. The summed E-state index contributed by atoms with van der Waals surface area (Å²) in [5, 5.41) is 14.9. The fourth-order valence-electron chi connectivity index (χ4n) is 3.39. The molecule has 13 heteroatoms. The Morgan fingerprint density at radius 3 is 2.44 bits per heavy atom. The topological polar surface area (TPSA) is 135 Å². The highest BCUT2D eigenvalue weighted by molar-refractivity contribution is 7.17. The number of carbonyl (C=O) groups is 2. The van der Waals surface area contributed by atoms with E-state index in [1.54, 1.807) is 32.2 Å². The molecule has 1 aliphatic carbocycles. The molecule has 1 fully saturated rings. The van der Waals surface area contributed by atoms with E-state index in [1.165, 1.54) is 53.4 Å². The summed E-state index contributed by atoms with van der Waals surface area (Å²) in [7, 11) is 0. The highest BCUT2D eigenvalue weighted by atomic mass is 32.1. The normalized spacial score (nSPS) is 12.8. The van der Waals surface area contributed by atoms with Gasteiger partial charge in [-0.05, 0) is 62.6 Å². The number of carboxylic acid groups (broad SMARTS) is 1. The van der Waals surface area contributed by atoms with Crippen LogP contribution >= 0.6 is 11.3 Å². The van der Waals surface area contributed by atoms with Gasteiger partial charge in [0.1, 0.15) is 4.88 Å². The summed E-state index contributed by atoms with van der Waals surface area (Å²) in [5.41, 5.74) is 7.35. The number of benzene rings is 2. The molecule has 0 aliphatic heterocycles. The number of nitrogens with two attached hydrogens (primary N) is 1. The van der Waals surface area contributed by atoms with E-state index in [0.29, 0.717) is 17.4 Å². The van der Waals surface area contributed by atoms with E-state index in [2.05, 4.69) is 20.6 Å². The summed E-state index contributed by atoms with van der Waals surface area (Å²) >= 11 is 1.19. The zero-order valence-electron chi connectivity index (χ0n) is 20.9. The third-order valence-electron chi connectivity index (χ3n) is 5.68. The van der Waals surface area contributed by atoms with Gasteiger partial charge in [-0.15, -0.1) is 0 Å². The predicted octanol–water partition coefficient (Wildman–Crippen LogP) is 5.76. The number of aryl methyl sites for hydroxylation is 2. The number of carboxylic acids is 1. The first-order valence-corrected chi connectivity index (χ1v) is 12.6. The molecule has 0 bridgehead atoms. The molecule has 204 valence electrons. The summed E-state index contributed by atoms with van der Waals surface area (Å²) in [6.07, 6.45) is 2.18. The summed E-state index contributed by atoms with van der Waals surface area (Å²) in [6, 6.07) is 8.59. The van der Waals surface area contributed by atoms with Gasteiger partial charge >= 0.3 is 12.1 Å². The van der Waals surface area contributed by atoms with Crippen molar-refractivity contribution in [3.63, 3.8) is 0 Å². The highest BCUT2D eigenvalue weighted by Gasteiger charge is 2.31. The minimum atomic E-state index is -4.56. The first-order chi connectivity index (χ1) is 18.4. The molecule has 1 amide bonds. The van der Waals surface area contributed by atoms with Crippen molar-refractivity contribution in [2.45, 2.75) is 38.9 Å². The Morgan fingerprint density at radius 1 is 1.13 bits per heavy atom. The van der Waals surface area contributed by atoms with Gasteiger partial charge in [0, 0.05) is 34.9 Å². The molecular weight excluding hydrogens is 533 g/mol. The molecule has 0 spiro atoms. The Balaban J connectivity index is 0.000000243. The number of anilines is 3. The number of rotatable bonds is 6. The largest absolute Gasteiger partial charge is 0.477 e. The Kier molecular flexibility index (Phi) is 7.90. The fourth-order valence-corrected chi connectivity index (χ4v) is 4.12. The van der Waals surface area contributed by atoms with Crippen LogP contribution in [0.15, 0.2) is 55.1 Å². The lowest BCUT2D eigenvalue weighted by Gasteiger charge is -2.14. The average molecular weight is 559 g/mol. The van der Waals surface area contributed by atoms with E-state index in [-0.39, 0.29) is 21.8 Å². The number of nitrogens with zero attached hydrogens (tertiary/aromatic N) is 3. The molecule has 0 radical (unpaired) electrons. The van der Waals surface area contributed by atoms with Gasteiger partial charge in [-0.25, -0.2) is 14.8 Å². The van der Waals surface area contributed by atoms with E-state index in [4.69, 9.17) is 10.8 Å². The third-order valence-corrected chi connectivity index (χ3v) is 6.59. The smallest absolute Gasteiger partial charge is 0.416 e. The van der Waals surface area contributed by atoms with E-state index >= 15 is 0 Å². The molecule has 5 N–H and O–H groups in total. The van der Waals surface area contributed by atoms with Crippen molar-refractivity contribution in [1.29, 1.82) is 0 Å². The number of amides is 1. The van der Waals surface area contributed by atoms with Crippen LogP contribution in [-0.2, 0) is 6.18 Å². The van der Waals surface area contributed by atoms with Crippen LogP contribution in [-0.4, -0.2) is 37.6 Å².